The lowest BCUT2D eigenvalue weighted by atomic mass is 9.39. The van der Waals surface area contributed by atoms with Crippen LogP contribution in [0.15, 0.2) is 0 Å². The summed E-state index contributed by atoms with van der Waals surface area (Å²) in [6.07, 6.45) is 0. The molecular weight excluding hydrogens is 240 g/mol. The molecule has 0 aliphatic heterocycles. The minimum atomic E-state index is 0.378. The molecular formula is C20H42. The second-order valence-electron chi connectivity index (χ2n) is 8.79. The molecule has 0 rings (SSSR count). The van der Waals surface area contributed by atoms with E-state index in [2.05, 4.69) is 83.1 Å². The van der Waals surface area contributed by atoms with Crippen LogP contribution in [0, 0.1) is 46.3 Å². The third-order valence-electron chi connectivity index (χ3n) is 6.48. The first-order valence-electron chi connectivity index (χ1n) is 8.91. The minimum Gasteiger partial charge on any atom is -0.0622 e. The van der Waals surface area contributed by atoms with Crippen molar-refractivity contribution in [2.24, 2.45) is 46.3 Å². The van der Waals surface area contributed by atoms with E-state index in [4.69, 9.17) is 0 Å². The minimum absolute atomic E-state index is 0.378. The van der Waals surface area contributed by atoms with Gasteiger partial charge in [-0.25, -0.2) is 0 Å². The molecule has 0 saturated carbocycles. The van der Waals surface area contributed by atoms with Crippen LogP contribution in [0.1, 0.15) is 83.1 Å². The van der Waals surface area contributed by atoms with Crippen LogP contribution in [-0.4, -0.2) is 0 Å². The van der Waals surface area contributed by atoms with E-state index >= 15 is 0 Å². The highest BCUT2D eigenvalue weighted by atomic mass is 14.6. The predicted molar refractivity (Wildman–Crippen MR) is 93.9 cm³/mol. The number of hydrogen-bond donors (Lipinski definition) is 0. The average Bonchev–Trinajstić information content (AvgIpc) is 2.21. The number of hydrogen-bond acceptors (Lipinski definition) is 0. The molecule has 0 nitrogen and oxygen atoms in total. The third-order valence-corrected chi connectivity index (χ3v) is 6.48. The van der Waals surface area contributed by atoms with Crippen LogP contribution in [0.4, 0.5) is 0 Å². The smallest absolute Gasteiger partial charge is 0.0165 e. The van der Waals surface area contributed by atoms with Crippen LogP contribution >= 0.6 is 0 Å². The van der Waals surface area contributed by atoms with Gasteiger partial charge in [-0.2, -0.15) is 0 Å². The summed E-state index contributed by atoms with van der Waals surface area (Å²) in [5, 5.41) is 0. The summed E-state index contributed by atoms with van der Waals surface area (Å²) in [5.41, 5.74) is 0.757. The summed E-state index contributed by atoms with van der Waals surface area (Å²) in [4.78, 5) is 0. The second-order valence-corrected chi connectivity index (χ2v) is 8.79. The van der Waals surface area contributed by atoms with Crippen LogP contribution in [-0.2, 0) is 0 Å². The first-order valence-corrected chi connectivity index (χ1v) is 8.91. The molecule has 0 aromatic rings. The standard InChI is InChI=1S/C20H42/c1-13(2)19(14(3)4,15(5)6)20(16(7)8,17(9)10)18(11)12/h13-18H,1-12H3. The number of rotatable bonds is 7. The van der Waals surface area contributed by atoms with Gasteiger partial charge in [-0.3, -0.25) is 0 Å². The molecule has 20 heavy (non-hydrogen) atoms. The van der Waals surface area contributed by atoms with Crippen molar-refractivity contribution < 1.29 is 0 Å². The van der Waals surface area contributed by atoms with Gasteiger partial charge in [0, 0.05) is 0 Å². The zero-order valence-electron chi connectivity index (χ0n) is 16.5. The van der Waals surface area contributed by atoms with Gasteiger partial charge in [0.2, 0.25) is 0 Å². The molecule has 0 N–H and O–H groups in total. The van der Waals surface area contributed by atoms with E-state index in [0.29, 0.717) is 46.3 Å². The summed E-state index contributed by atoms with van der Waals surface area (Å²) in [7, 11) is 0. The Morgan fingerprint density at radius 3 is 0.450 bits per heavy atom. The topological polar surface area (TPSA) is 0 Å². The van der Waals surface area contributed by atoms with E-state index in [9.17, 15) is 0 Å². The zero-order valence-corrected chi connectivity index (χ0v) is 16.5. The molecule has 122 valence electrons. The highest BCUT2D eigenvalue weighted by Gasteiger charge is 2.60. The van der Waals surface area contributed by atoms with Crippen LogP contribution in [0.25, 0.3) is 0 Å². The van der Waals surface area contributed by atoms with Gasteiger partial charge in [0.15, 0.2) is 0 Å². The lowest BCUT2D eigenvalue weighted by molar-refractivity contribution is -0.175. The Hall–Kier alpha value is 0. The van der Waals surface area contributed by atoms with Gasteiger partial charge in [0.05, 0.1) is 0 Å². The van der Waals surface area contributed by atoms with Crippen molar-refractivity contribution in [2.45, 2.75) is 83.1 Å². The summed E-state index contributed by atoms with van der Waals surface area (Å²) < 4.78 is 0. The summed E-state index contributed by atoms with van der Waals surface area (Å²) in [5.74, 6) is 4.22. The maximum absolute atomic E-state index is 2.46. The van der Waals surface area contributed by atoms with Gasteiger partial charge in [-0.05, 0) is 46.3 Å². The maximum atomic E-state index is 2.46. The first kappa shape index (κ1) is 20.0. The SMILES string of the molecule is CC(C)C(C(C)C)(C(C)C)C(C(C)C)(C(C)C)C(C)C. The molecule has 0 aliphatic rings. The second kappa shape index (κ2) is 6.84. The Kier molecular flexibility index (Phi) is 6.84. The molecule has 0 aromatic carbocycles. The van der Waals surface area contributed by atoms with E-state index in [-0.39, 0.29) is 0 Å². The monoisotopic (exact) mass is 282 g/mol. The molecule has 0 aliphatic carbocycles. The van der Waals surface area contributed by atoms with E-state index in [0.717, 1.165) is 0 Å². The van der Waals surface area contributed by atoms with Crippen molar-refractivity contribution in [3.8, 4) is 0 Å². The van der Waals surface area contributed by atoms with E-state index < -0.39 is 0 Å². The summed E-state index contributed by atoms with van der Waals surface area (Å²) in [6.45, 7) is 29.5. The normalized spacial score (nSPS) is 14.7. The Bertz CT molecular complexity index is 205. The fourth-order valence-corrected chi connectivity index (χ4v) is 7.00. The molecule has 0 amide bonds. The van der Waals surface area contributed by atoms with Crippen molar-refractivity contribution in [2.75, 3.05) is 0 Å². The zero-order chi connectivity index (χ0) is 16.5. The molecule has 0 spiro atoms. The molecule has 0 heterocycles. The summed E-state index contributed by atoms with van der Waals surface area (Å²) >= 11 is 0. The predicted octanol–water partition coefficient (Wildman–Crippen LogP) is 6.90. The fraction of sp³-hybridized carbons (Fsp3) is 1.00. The van der Waals surface area contributed by atoms with Gasteiger partial charge >= 0.3 is 0 Å². The van der Waals surface area contributed by atoms with Crippen molar-refractivity contribution in [3.05, 3.63) is 0 Å². The molecule has 0 radical (unpaired) electrons. The van der Waals surface area contributed by atoms with Crippen molar-refractivity contribution >= 4 is 0 Å². The van der Waals surface area contributed by atoms with Gasteiger partial charge in [0.1, 0.15) is 0 Å². The van der Waals surface area contributed by atoms with Gasteiger partial charge in [0.25, 0.3) is 0 Å². The van der Waals surface area contributed by atoms with Crippen LogP contribution < -0.4 is 0 Å². The third kappa shape index (κ3) is 2.57. The fourth-order valence-electron chi connectivity index (χ4n) is 7.00. The van der Waals surface area contributed by atoms with Crippen molar-refractivity contribution in [3.63, 3.8) is 0 Å². The Balaban J connectivity index is 6.58. The Labute approximate surface area is 130 Å². The Morgan fingerprint density at radius 2 is 0.400 bits per heavy atom. The van der Waals surface area contributed by atoms with Gasteiger partial charge in [-0.15, -0.1) is 0 Å². The van der Waals surface area contributed by atoms with Crippen molar-refractivity contribution in [1.29, 1.82) is 0 Å². The lowest BCUT2D eigenvalue weighted by Gasteiger charge is -2.65. The van der Waals surface area contributed by atoms with Crippen molar-refractivity contribution in [1.82, 2.24) is 0 Å². The van der Waals surface area contributed by atoms with Gasteiger partial charge in [-0.1, -0.05) is 83.1 Å². The highest BCUT2D eigenvalue weighted by Crippen LogP contribution is 2.65. The van der Waals surface area contributed by atoms with E-state index in [1.54, 1.807) is 0 Å². The van der Waals surface area contributed by atoms with Gasteiger partial charge < -0.3 is 0 Å². The molecule has 0 atom stereocenters. The maximum Gasteiger partial charge on any atom is -0.0165 e. The summed E-state index contributed by atoms with van der Waals surface area (Å²) in [6, 6.07) is 0. The molecule has 0 saturated heterocycles. The first-order chi connectivity index (χ1) is 8.91. The van der Waals surface area contributed by atoms with Crippen LogP contribution in [0.2, 0.25) is 0 Å². The molecule has 0 heteroatoms. The van der Waals surface area contributed by atoms with Crippen LogP contribution in [0.5, 0.6) is 0 Å². The van der Waals surface area contributed by atoms with E-state index in [1.165, 1.54) is 0 Å². The quantitative estimate of drug-likeness (QED) is 0.476. The largest absolute Gasteiger partial charge is 0.0622 e. The molecule has 0 bridgehead atoms. The highest BCUT2D eigenvalue weighted by molar-refractivity contribution is 5.07. The molecule has 0 aromatic heterocycles. The Morgan fingerprint density at radius 1 is 0.300 bits per heavy atom. The molecule has 0 fully saturated rings. The lowest BCUT2D eigenvalue weighted by Crippen LogP contribution is -2.60. The molecule has 0 unspecified atom stereocenters. The van der Waals surface area contributed by atoms with E-state index in [1.807, 2.05) is 0 Å². The average molecular weight is 283 g/mol. The van der Waals surface area contributed by atoms with Crippen LogP contribution in [0.3, 0.4) is 0 Å².